The summed E-state index contributed by atoms with van der Waals surface area (Å²) in [6.07, 6.45) is 0.189. The molecule has 5 amide bonds. The van der Waals surface area contributed by atoms with Gasteiger partial charge in [0.15, 0.2) is 0 Å². The number of carbonyl (C=O) groups is 6. The summed E-state index contributed by atoms with van der Waals surface area (Å²) in [7, 11) is 2.75. The zero-order chi connectivity index (χ0) is 30.9. The summed E-state index contributed by atoms with van der Waals surface area (Å²) in [6, 6.07) is 11.5. The van der Waals surface area contributed by atoms with Crippen molar-refractivity contribution in [2.45, 2.75) is 37.8 Å². The molecule has 0 spiro atoms. The van der Waals surface area contributed by atoms with Crippen LogP contribution in [0, 0.1) is 0 Å². The zero-order valence-corrected chi connectivity index (χ0v) is 24.6. The number of carboxylic acid groups (broad SMARTS) is 1. The van der Waals surface area contributed by atoms with E-state index in [1.54, 1.807) is 24.3 Å². The molecule has 2 atom stereocenters. The second kappa shape index (κ2) is 14.7. The van der Waals surface area contributed by atoms with E-state index in [0.29, 0.717) is 23.6 Å². The van der Waals surface area contributed by atoms with Crippen LogP contribution >= 0.6 is 21.6 Å². The number of piperidine rings is 1. The summed E-state index contributed by atoms with van der Waals surface area (Å²) in [4.78, 5) is 75.6. The number of hydrogen-bond acceptors (Lipinski definition) is 9. The van der Waals surface area contributed by atoms with Crippen LogP contribution in [0.15, 0.2) is 60.8 Å². The molecule has 0 bridgehead atoms. The first kappa shape index (κ1) is 31.6. The fourth-order valence-electron chi connectivity index (χ4n) is 4.58. The molecule has 2 aliphatic rings. The van der Waals surface area contributed by atoms with Gasteiger partial charge in [-0.1, -0.05) is 64.6 Å². The van der Waals surface area contributed by atoms with Gasteiger partial charge in [-0.3, -0.25) is 29.4 Å². The van der Waals surface area contributed by atoms with Crippen molar-refractivity contribution in [1.82, 2.24) is 15.5 Å². The van der Waals surface area contributed by atoms with Gasteiger partial charge in [0, 0.05) is 30.0 Å². The monoisotopic (exact) mass is 626 g/mol. The number of amides is 5. The fourth-order valence-corrected chi connectivity index (χ4v) is 6.40. The van der Waals surface area contributed by atoms with E-state index in [1.165, 1.54) is 39.8 Å². The summed E-state index contributed by atoms with van der Waals surface area (Å²) >= 11 is 0. The molecule has 12 nitrogen and oxygen atoms in total. The van der Waals surface area contributed by atoms with Crippen LogP contribution in [0.1, 0.15) is 45.5 Å². The number of nitrogens with zero attached hydrogens (tertiary/aromatic N) is 1. The minimum atomic E-state index is -1.10. The predicted octanol–water partition coefficient (Wildman–Crippen LogP) is 3.21. The third kappa shape index (κ3) is 8.17. The summed E-state index contributed by atoms with van der Waals surface area (Å²) in [5, 5.41) is 17.0. The molecule has 1 saturated heterocycles. The standard InChI is InChI=1S/C29H30N4O8S2/c1-17-10-11-22(25(35)30-17)33-26(36)19-8-5-9-20(24(19)27(33)37)32-29(40)41-13-15-43-42-14-12-23(34)31-21(28(38)39)16-18-6-3-2-4-7-18/h2-9,21-22H,1,10-16H2,(H,30,35)(H,31,34)(H,32,40)(H,38,39). The molecule has 2 aromatic carbocycles. The molecule has 14 heteroatoms. The van der Waals surface area contributed by atoms with Crippen LogP contribution in [0.4, 0.5) is 10.5 Å². The lowest BCUT2D eigenvalue weighted by molar-refractivity contribution is -0.141. The van der Waals surface area contributed by atoms with Crippen LogP contribution in [-0.4, -0.2) is 75.9 Å². The minimum Gasteiger partial charge on any atom is -0.480 e. The number of fused-ring (bicyclic) bond motifs is 1. The lowest BCUT2D eigenvalue weighted by Crippen LogP contribution is -2.51. The van der Waals surface area contributed by atoms with Crippen molar-refractivity contribution in [3.05, 3.63) is 77.5 Å². The van der Waals surface area contributed by atoms with E-state index in [0.717, 1.165) is 10.5 Å². The number of carbonyl (C=O) groups excluding carboxylic acids is 5. The van der Waals surface area contributed by atoms with E-state index >= 15 is 0 Å². The van der Waals surface area contributed by atoms with Crippen molar-refractivity contribution in [1.29, 1.82) is 0 Å². The molecule has 2 aliphatic heterocycles. The Morgan fingerprint density at radius 2 is 1.79 bits per heavy atom. The Morgan fingerprint density at radius 1 is 1.05 bits per heavy atom. The average Bonchev–Trinajstić information content (AvgIpc) is 3.22. The van der Waals surface area contributed by atoms with Crippen LogP contribution in [0.25, 0.3) is 0 Å². The van der Waals surface area contributed by atoms with Crippen molar-refractivity contribution >= 4 is 63.0 Å². The van der Waals surface area contributed by atoms with E-state index in [-0.39, 0.29) is 48.6 Å². The maximum Gasteiger partial charge on any atom is 0.411 e. The average molecular weight is 627 g/mol. The number of anilines is 1. The van der Waals surface area contributed by atoms with Crippen LogP contribution in [-0.2, 0) is 25.5 Å². The Bertz CT molecular complexity index is 1430. The van der Waals surface area contributed by atoms with E-state index < -0.39 is 41.9 Å². The molecule has 2 aromatic rings. The largest absolute Gasteiger partial charge is 0.480 e. The number of benzene rings is 2. The minimum absolute atomic E-state index is 0.00115. The molecule has 2 heterocycles. The predicted molar refractivity (Wildman–Crippen MR) is 161 cm³/mol. The van der Waals surface area contributed by atoms with Crippen LogP contribution in [0.2, 0.25) is 0 Å². The Labute approximate surface area is 255 Å². The second-order valence-electron chi connectivity index (χ2n) is 9.66. The number of hydrogen-bond donors (Lipinski definition) is 4. The molecular weight excluding hydrogens is 596 g/mol. The molecule has 0 aliphatic carbocycles. The van der Waals surface area contributed by atoms with Gasteiger partial charge in [0.25, 0.3) is 11.8 Å². The highest BCUT2D eigenvalue weighted by molar-refractivity contribution is 8.76. The summed E-state index contributed by atoms with van der Waals surface area (Å²) in [5.41, 5.74) is 1.52. The highest BCUT2D eigenvalue weighted by Gasteiger charge is 2.45. The van der Waals surface area contributed by atoms with Gasteiger partial charge >= 0.3 is 12.1 Å². The maximum absolute atomic E-state index is 13.2. The molecular formula is C29H30N4O8S2. The summed E-state index contributed by atoms with van der Waals surface area (Å²) < 4.78 is 5.19. The van der Waals surface area contributed by atoms with Crippen molar-refractivity contribution in [2.24, 2.45) is 0 Å². The quantitative estimate of drug-likeness (QED) is 0.147. The SMILES string of the molecule is C=C1CCC(N2C(=O)c3cccc(NC(=O)OCCSSCCC(=O)NC(Cc4ccccc4)C(=O)O)c3C2=O)C(=O)N1. The molecule has 4 N–H and O–H groups in total. The summed E-state index contributed by atoms with van der Waals surface area (Å²) in [6.45, 7) is 3.75. The fraction of sp³-hybridized carbons (Fsp3) is 0.310. The van der Waals surface area contributed by atoms with Gasteiger partial charge in [0.05, 0.1) is 16.8 Å². The first-order valence-electron chi connectivity index (χ1n) is 13.4. The Balaban J connectivity index is 1.17. The normalized spacial score (nSPS) is 16.7. The first-order valence-corrected chi connectivity index (χ1v) is 15.9. The van der Waals surface area contributed by atoms with Crippen molar-refractivity contribution < 1.29 is 38.6 Å². The van der Waals surface area contributed by atoms with E-state index in [4.69, 9.17) is 4.74 Å². The number of imide groups is 1. The lowest BCUT2D eigenvalue weighted by atomic mass is 10.0. The molecule has 43 heavy (non-hydrogen) atoms. The maximum atomic E-state index is 13.2. The second-order valence-corrected chi connectivity index (χ2v) is 12.4. The Kier molecular flexibility index (Phi) is 10.8. The van der Waals surface area contributed by atoms with Gasteiger partial charge in [0.2, 0.25) is 11.8 Å². The number of rotatable bonds is 13. The van der Waals surface area contributed by atoms with Gasteiger partial charge in [-0.15, -0.1) is 0 Å². The van der Waals surface area contributed by atoms with Crippen LogP contribution in [0.5, 0.6) is 0 Å². The Morgan fingerprint density at radius 3 is 2.51 bits per heavy atom. The highest BCUT2D eigenvalue weighted by Crippen LogP contribution is 2.33. The third-order valence-electron chi connectivity index (χ3n) is 6.63. The number of allylic oxidation sites excluding steroid dienone is 1. The summed E-state index contributed by atoms with van der Waals surface area (Å²) in [5.74, 6) is -2.41. The smallest absolute Gasteiger partial charge is 0.411 e. The van der Waals surface area contributed by atoms with Gasteiger partial charge < -0.3 is 20.5 Å². The molecule has 0 saturated carbocycles. The number of aliphatic carboxylic acids is 1. The number of carboxylic acids is 1. The van der Waals surface area contributed by atoms with Gasteiger partial charge in [-0.2, -0.15) is 0 Å². The van der Waals surface area contributed by atoms with Crippen LogP contribution in [0.3, 0.4) is 0 Å². The molecule has 4 rings (SSSR count). The lowest BCUT2D eigenvalue weighted by Gasteiger charge is -2.29. The van der Waals surface area contributed by atoms with E-state index in [9.17, 15) is 33.9 Å². The van der Waals surface area contributed by atoms with E-state index in [1.807, 2.05) is 6.07 Å². The number of nitrogens with one attached hydrogen (secondary N) is 3. The molecule has 0 aromatic heterocycles. The molecule has 0 radical (unpaired) electrons. The van der Waals surface area contributed by atoms with Crippen LogP contribution < -0.4 is 16.0 Å². The topological polar surface area (TPSA) is 171 Å². The molecule has 1 fully saturated rings. The van der Waals surface area contributed by atoms with Crippen molar-refractivity contribution in [3.8, 4) is 0 Å². The van der Waals surface area contributed by atoms with Gasteiger partial charge in [0.1, 0.15) is 18.7 Å². The first-order chi connectivity index (χ1) is 20.7. The third-order valence-corrected chi connectivity index (χ3v) is 9.00. The Hall–Kier alpha value is -4.30. The van der Waals surface area contributed by atoms with Gasteiger partial charge in [-0.25, -0.2) is 9.59 Å². The highest BCUT2D eigenvalue weighted by atomic mass is 33.1. The van der Waals surface area contributed by atoms with Gasteiger partial charge in [-0.05, 0) is 30.5 Å². The number of ether oxygens (including phenoxy) is 1. The van der Waals surface area contributed by atoms with Crippen molar-refractivity contribution in [3.63, 3.8) is 0 Å². The van der Waals surface area contributed by atoms with Crippen molar-refractivity contribution in [2.75, 3.05) is 23.4 Å². The molecule has 2 unspecified atom stereocenters. The van der Waals surface area contributed by atoms with E-state index in [2.05, 4.69) is 22.5 Å². The molecule has 226 valence electrons. The zero-order valence-electron chi connectivity index (χ0n) is 23.0.